The lowest BCUT2D eigenvalue weighted by atomic mass is 9.90. The number of hydrogen-bond donors (Lipinski definition) is 0. The number of hydrogen-bond acceptors (Lipinski definition) is 6. The first kappa shape index (κ1) is 20.2. The van der Waals surface area contributed by atoms with Crippen LogP contribution in [-0.2, 0) is 14.4 Å². The summed E-state index contributed by atoms with van der Waals surface area (Å²) in [6, 6.07) is 21.2. The zero-order chi connectivity index (χ0) is 22.4. The molecule has 2 aliphatic rings. The third kappa shape index (κ3) is 3.12. The lowest BCUT2D eigenvalue weighted by molar-refractivity contribution is -0.384. The predicted octanol–water partition coefficient (Wildman–Crippen LogP) is 4.30. The van der Waals surface area contributed by atoms with Crippen molar-refractivity contribution in [2.24, 2.45) is 5.92 Å². The highest BCUT2D eigenvalue weighted by atomic mass is 35.5. The Morgan fingerprint density at radius 2 is 1.50 bits per heavy atom. The van der Waals surface area contributed by atoms with Gasteiger partial charge in [-0.3, -0.25) is 24.5 Å². The van der Waals surface area contributed by atoms with Crippen LogP contribution in [0.5, 0.6) is 0 Å². The minimum atomic E-state index is -1.05. The number of anilines is 2. The van der Waals surface area contributed by atoms with Crippen molar-refractivity contribution in [2.45, 2.75) is 12.1 Å². The second kappa shape index (κ2) is 7.74. The van der Waals surface area contributed by atoms with Crippen LogP contribution in [0.3, 0.4) is 0 Å². The summed E-state index contributed by atoms with van der Waals surface area (Å²) < 4.78 is 0. The van der Waals surface area contributed by atoms with Crippen LogP contribution in [0.2, 0.25) is 5.02 Å². The normalized spacial score (nSPS) is 22.3. The maximum Gasteiger partial charge on any atom is 0.288 e. The molecule has 3 atom stereocenters. The van der Waals surface area contributed by atoms with Gasteiger partial charge in [0.15, 0.2) is 6.10 Å². The molecule has 0 aromatic heterocycles. The fourth-order valence-electron chi connectivity index (χ4n) is 4.24. The number of fused-ring (bicyclic) bond motifs is 1. The number of rotatable bonds is 4. The quantitative estimate of drug-likeness (QED) is 0.335. The highest BCUT2D eigenvalue weighted by molar-refractivity contribution is 6.32. The molecule has 0 radical (unpaired) electrons. The number of halogens is 1. The number of carbonyl (C=O) groups excluding carboxylic acids is 2. The monoisotopic (exact) mass is 449 g/mol. The van der Waals surface area contributed by atoms with E-state index in [9.17, 15) is 19.7 Å². The first-order valence-electron chi connectivity index (χ1n) is 9.85. The molecule has 8 nitrogen and oxygen atoms in total. The Morgan fingerprint density at radius 1 is 0.875 bits per heavy atom. The summed E-state index contributed by atoms with van der Waals surface area (Å²) in [4.78, 5) is 44.7. The van der Waals surface area contributed by atoms with Crippen LogP contribution < -0.4 is 9.96 Å². The van der Waals surface area contributed by atoms with Gasteiger partial charge >= 0.3 is 0 Å². The maximum absolute atomic E-state index is 13.5. The molecule has 2 fully saturated rings. The number of nitro groups is 1. The minimum Gasteiger partial charge on any atom is -0.273 e. The van der Waals surface area contributed by atoms with E-state index in [1.807, 2.05) is 6.07 Å². The van der Waals surface area contributed by atoms with E-state index >= 15 is 0 Å². The number of nitro benzene ring substituents is 1. The summed E-state index contributed by atoms with van der Waals surface area (Å²) in [6.45, 7) is 0. The Hall–Kier alpha value is -3.75. The van der Waals surface area contributed by atoms with Crippen LogP contribution >= 0.6 is 11.6 Å². The smallest absolute Gasteiger partial charge is 0.273 e. The molecule has 0 aliphatic carbocycles. The van der Waals surface area contributed by atoms with E-state index in [1.165, 1.54) is 17.2 Å². The van der Waals surface area contributed by atoms with E-state index in [2.05, 4.69) is 0 Å². The molecule has 9 heteroatoms. The zero-order valence-electron chi connectivity index (χ0n) is 16.5. The molecule has 2 heterocycles. The molecule has 5 rings (SSSR count). The Labute approximate surface area is 187 Å². The summed E-state index contributed by atoms with van der Waals surface area (Å²) in [5.74, 6) is -1.78. The molecule has 0 spiro atoms. The predicted molar refractivity (Wildman–Crippen MR) is 117 cm³/mol. The van der Waals surface area contributed by atoms with Crippen molar-refractivity contribution in [2.75, 3.05) is 9.96 Å². The Balaban J connectivity index is 1.63. The molecule has 0 unspecified atom stereocenters. The van der Waals surface area contributed by atoms with E-state index < -0.39 is 34.8 Å². The number of nitrogens with zero attached hydrogens (tertiary/aromatic N) is 3. The molecular formula is C23H16ClN3O5. The molecule has 2 amide bonds. The number of para-hydroxylation sites is 2. The molecule has 3 aromatic rings. The molecule has 32 heavy (non-hydrogen) atoms. The van der Waals surface area contributed by atoms with Gasteiger partial charge in [0, 0.05) is 6.07 Å². The topological polar surface area (TPSA) is 93.0 Å². The third-order valence-corrected chi connectivity index (χ3v) is 5.97. The van der Waals surface area contributed by atoms with Crippen LogP contribution in [0, 0.1) is 16.0 Å². The minimum absolute atomic E-state index is 0.0137. The van der Waals surface area contributed by atoms with E-state index in [1.54, 1.807) is 60.7 Å². The van der Waals surface area contributed by atoms with Gasteiger partial charge in [-0.2, -0.15) is 0 Å². The molecule has 2 aliphatic heterocycles. The van der Waals surface area contributed by atoms with Crippen molar-refractivity contribution >= 4 is 40.5 Å². The van der Waals surface area contributed by atoms with Crippen molar-refractivity contribution in [3.8, 4) is 0 Å². The second-order valence-electron chi connectivity index (χ2n) is 7.47. The van der Waals surface area contributed by atoms with Crippen molar-refractivity contribution in [1.82, 2.24) is 0 Å². The van der Waals surface area contributed by atoms with E-state index in [-0.39, 0.29) is 10.7 Å². The molecule has 2 saturated heterocycles. The van der Waals surface area contributed by atoms with Gasteiger partial charge in [0.2, 0.25) is 5.91 Å². The summed E-state index contributed by atoms with van der Waals surface area (Å²) in [6.07, 6.45) is -1.05. The number of benzene rings is 3. The first-order valence-corrected chi connectivity index (χ1v) is 10.2. The third-order valence-electron chi connectivity index (χ3n) is 5.65. The average molecular weight is 450 g/mol. The van der Waals surface area contributed by atoms with Crippen LogP contribution in [0.1, 0.15) is 11.6 Å². The SMILES string of the molecule is O=C1[C@@H]2[C@@H](c3ccc(Cl)c([N+](=O)[O-])c3)N(c3ccccc3)O[C@H]2C(=O)N1c1ccccc1. The summed E-state index contributed by atoms with van der Waals surface area (Å²) in [7, 11) is 0. The molecule has 0 bridgehead atoms. The average Bonchev–Trinajstić information content (AvgIpc) is 3.31. The number of hydroxylamine groups is 1. The van der Waals surface area contributed by atoms with Gasteiger partial charge in [0.25, 0.3) is 11.6 Å². The van der Waals surface area contributed by atoms with Crippen LogP contribution in [0.4, 0.5) is 17.1 Å². The maximum atomic E-state index is 13.5. The zero-order valence-corrected chi connectivity index (χ0v) is 17.3. The highest BCUT2D eigenvalue weighted by Crippen LogP contribution is 2.48. The Kier molecular flexibility index (Phi) is 4.88. The number of carbonyl (C=O) groups is 2. The van der Waals surface area contributed by atoms with Crippen LogP contribution in [-0.4, -0.2) is 22.8 Å². The molecule has 160 valence electrons. The van der Waals surface area contributed by atoms with Gasteiger partial charge in [-0.15, -0.1) is 0 Å². The number of amides is 2. The lowest BCUT2D eigenvalue weighted by Gasteiger charge is -2.28. The van der Waals surface area contributed by atoms with E-state index in [4.69, 9.17) is 16.4 Å². The lowest BCUT2D eigenvalue weighted by Crippen LogP contribution is -2.37. The molecule has 3 aromatic carbocycles. The van der Waals surface area contributed by atoms with Gasteiger partial charge in [-0.25, -0.2) is 9.96 Å². The molecule has 0 N–H and O–H groups in total. The fourth-order valence-corrected chi connectivity index (χ4v) is 4.42. The van der Waals surface area contributed by atoms with E-state index in [0.29, 0.717) is 16.9 Å². The van der Waals surface area contributed by atoms with Gasteiger partial charge in [-0.05, 0) is 35.9 Å². The number of imide groups is 1. The van der Waals surface area contributed by atoms with Gasteiger partial charge in [0.05, 0.1) is 22.3 Å². The highest BCUT2D eigenvalue weighted by Gasteiger charge is 2.60. The largest absolute Gasteiger partial charge is 0.288 e. The summed E-state index contributed by atoms with van der Waals surface area (Å²) in [5.41, 5.74) is 1.25. The Morgan fingerprint density at radius 3 is 2.12 bits per heavy atom. The van der Waals surface area contributed by atoms with Crippen molar-refractivity contribution in [3.05, 3.63) is 99.6 Å². The fraction of sp³-hybridized carbons (Fsp3) is 0.130. The van der Waals surface area contributed by atoms with Gasteiger partial charge in [0.1, 0.15) is 10.9 Å². The van der Waals surface area contributed by atoms with Crippen molar-refractivity contribution in [1.29, 1.82) is 0 Å². The van der Waals surface area contributed by atoms with E-state index in [0.717, 1.165) is 4.90 Å². The van der Waals surface area contributed by atoms with Crippen LogP contribution in [0.25, 0.3) is 0 Å². The van der Waals surface area contributed by atoms with Gasteiger partial charge in [-0.1, -0.05) is 54.1 Å². The summed E-state index contributed by atoms with van der Waals surface area (Å²) >= 11 is 6.00. The Bertz CT molecular complexity index is 1220. The van der Waals surface area contributed by atoms with Crippen LogP contribution in [0.15, 0.2) is 78.9 Å². The van der Waals surface area contributed by atoms with Crippen molar-refractivity contribution < 1.29 is 19.3 Å². The molecule has 0 saturated carbocycles. The second-order valence-corrected chi connectivity index (χ2v) is 7.88. The van der Waals surface area contributed by atoms with Crippen molar-refractivity contribution in [3.63, 3.8) is 0 Å². The summed E-state index contributed by atoms with van der Waals surface area (Å²) in [5, 5.41) is 12.9. The molecular weight excluding hydrogens is 434 g/mol. The first-order chi connectivity index (χ1) is 15.5. The van der Waals surface area contributed by atoms with Gasteiger partial charge < -0.3 is 0 Å². The standard InChI is InChI=1S/C23H16ClN3O5/c24-17-12-11-14(13-18(17)27(30)31)20-19-21(32-26(20)16-9-5-2-6-10-16)23(29)25(22(19)28)15-7-3-1-4-8-15/h1-13,19-21H/t19-,20-,21-/m1/s1.